The van der Waals surface area contributed by atoms with Crippen LogP contribution in [0.5, 0.6) is 0 Å². The molecular formula is C23H27N5O. The molecule has 0 amide bonds. The second-order valence-electron chi connectivity index (χ2n) is 7.95. The second-order valence-corrected chi connectivity index (χ2v) is 7.95. The van der Waals surface area contributed by atoms with Crippen molar-refractivity contribution >= 4 is 5.82 Å². The van der Waals surface area contributed by atoms with Gasteiger partial charge in [-0.05, 0) is 31.0 Å². The van der Waals surface area contributed by atoms with E-state index in [1.165, 1.54) is 5.56 Å². The Morgan fingerprint density at radius 3 is 2.62 bits per heavy atom. The lowest BCUT2D eigenvalue weighted by Gasteiger charge is -2.30. The lowest BCUT2D eigenvalue weighted by atomic mass is 10.0. The Morgan fingerprint density at radius 1 is 1.10 bits per heavy atom. The zero-order valence-electron chi connectivity index (χ0n) is 17.0. The maximum absolute atomic E-state index is 11.2. The van der Waals surface area contributed by atoms with Crippen molar-refractivity contribution in [2.24, 2.45) is 0 Å². The highest BCUT2D eigenvalue weighted by atomic mass is 16.3. The molecule has 0 saturated carbocycles. The summed E-state index contributed by atoms with van der Waals surface area (Å²) >= 11 is 0. The van der Waals surface area contributed by atoms with E-state index in [2.05, 4.69) is 39.1 Å². The van der Waals surface area contributed by atoms with Crippen molar-refractivity contribution in [3.05, 3.63) is 72.2 Å². The van der Waals surface area contributed by atoms with Crippen LogP contribution in [0.25, 0.3) is 11.4 Å². The van der Waals surface area contributed by atoms with Crippen LogP contribution in [-0.2, 0) is 6.54 Å². The van der Waals surface area contributed by atoms with Crippen molar-refractivity contribution in [2.45, 2.75) is 25.5 Å². The number of aryl methyl sites for hydroxylation is 1. The molecule has 0 aliphatic carbocycles. The van der Waals surface area contributed by atoms with Gasteiger partial charge in [0.25, 0.3) is 0 Å². The van der Waals surface area contributed by atoms with E-state index in [-0.39, 0.29) is 0 Å². The monoisotopic (exact) mass is 389 g/mol. The molecule has 3 aromatic rings. The molecule has 1 aromatic carbocycles. The van der Waals surface area contributed by atoms with Crippen molar-refractivity contribution in [1.29, 1.82) is 0 Å². The minimum absolute atomic E-state index is 0.532. The summed E-state index contributed by atoms with van der Waals surface area (Å²) in [7, 11) is 1.98. The average Bonchev–Trinajstić information content (AvgIpc) is 3.09. The summed E-state index contributed by atoms with van der Waals surface area (Å²) in [6, 6.07) is 16.2. The maximum atomic E-state index is 11.2. The number of aromatic nitrogens is 3. The quantitative estimate of drug-likeness (QED) is 0.699. The van der Waals surface area contributed by atoms with Crippen LogP contribution in [0.15, 0.2) is 60.9 Å². The van der Waals surface area contributed by atoms with E-state index in [1.54, 1.807) is 12.4 Å². The number of aliphatic hydroxyl groups is 1. The van der Waals surface area contributed by atoms with Crippen molar-refractivity contribution in [3.8, 4) is 11.4 Å². The van der Waals surface area contributed by atoms with Crippen LogP contribution in [0.3, 0.4) is 0 Å². The Kier molecular flexibility index (Phi) is 5.56. The summed E-state index contributed by atoms with van der Waals surface area (Å²) in [6.45, 7) is 4.92. The fourth-order valence-electron chi connectivity index (χ4n) is 3.95. The first-order chi connectivity index (χ1) is 14.0. The van der Waals surface area contributed by atoms with E-state index in [9.17, 15) is 5.11 Å². The molecule has 0 bridgehead atoms. The summed E-state index contributed by atoms with van der Waals surface area (Å²) in [5, 5.41) is 11.2. The number of pyridine rings is 1. The molecule has 29 heavy (non-hydrogen) atoms. The minimum atomic E-state index is -0.751. The van der Waals surface area contributed by atoms with Gasteiger partial charge in [0, 0.05) is 62.9 Å². The first-order valence-corrected chi connectivity index (χ1v) is 9.97. The number of β-amino-alcohol motifs (C(OH)–C–C–N with tert-alkyl or cyclic N) is 1. The molecule has 6 heteroatoms. The van der Waals surface area contributed by atoms with Gasteiger partial charge in [0.05, 0.1) is 5.60 Å². The molecule has 1 fully saturated rings. The highest BCUT2D eigenvalue weighted by molar-refractivity contribution is 5.57. The van der Waals surface area contributed by atoms with Crippen LogP contribution in [0.4, 0.5) is 5.82 Å². The average molecular weight is 390 g/mol. The molecule has 1 N–H and O–H groups in total. The lowest BCUT2D eigenvalue weighted by molar-refractivity contribution is 0.0561. The number of benzene rings is 1. The highest BCUT2D eigenvalue weighted by Crippen LogP contribution is 2.26. The van der Waals surface area contributed by atoms with Gasteiger partial charge in [-0.25, -0.2) is 9.97 Å². The highest BCUT2D eigenvalue weighted by Gasteiger charge is 2.37. The van der Waals surface area contributed by atoms with Crippen molar-refractivity contribution in [1.82, 2.24) is 19.9 Å². The van der Waals surface area contributed by atoms with Gasteiger partial charge in [-0.1, -0.05) is 30.3 Å². The van der Waals surface area contributed by atoms with Crippen LogP contribution in [0.1, 0.15) is 17.7 Å². The van der Waals surface area contributed by atoms with E-state index in [0.717, 1.165) is 36.6 Å². The molecule has 3 heterocycles. The van der Waals surface area contributed by atoms with Gasteiger partial charge in [-0.15, -0.1) is 0 Å². The minimum Gasteiger partial charge on any atom is -0.387 e. The maximum Gasteiger partial charge on any atom is 0.161 e. The van der Waals surface area contributed by atoms with Gasteiger partial charge in [-0.2, -0.15) is 0 Å². The summed E-state index contributed by atoms with van der Waals surface area (Å²) in [6.07, 6.45) is 4.24. The molecule has 1 atom stereocenters. The predicted molar refractivity (Wildman–Crippen MR) is 115 cm³/mol. The standard InChI is InChI=1S/C23H27N5O/c1-18-14-21(26-22(25-18)20-8-11-24-12-9-20)27(2)16-23(29)10-13-28(17-23)15-19-6-4-3-5-7-19/h3-9,11-12,14,29H,10,13,15-17H2,1-2H3. The normalized spacial score (nSPS) is 19.4. The number of likely N-dealkylation sites (tertiary alicyclic amines) is 1. The molecule has 1 saturated heterocycles. The Morgan fingerprint density at radius 2 is 1.86 bits per heavy atom. The molecule has 1 aliphatic rings. The van der Waals surface area contributed by atoms with Crippen molar-refractivity contribution < 1.29 is 5.11 Å². The zero-order chi connectivity index (χ0) is 20.3. The molecule has 0 radical (unpaired) electrons. The van der Waals surface area contributed by atoms with Gasteiger partial charge < -0.3 is 10.0 Å². The van der Waals surface area contributed by atoms with E-state index in [1.807, 2.05) is 43.1 Å². The van der Waals surface area contributed by atoms with Gasteiger partial charge >= 0.3 is 0 Å². The third kappa shape index (κ3) is 4.78. The number of hydrogen-bond acceptors (Lipinski definition) is 6. The fraction of sp³-hybridized carbons (Fsp3) is 0.348. The molecule has 0 spiro atoms. The molecular weight excluding hydrogens is 362 g/mol. The molecule has 1 unspecified atom stereocenters. The number of anilines is 1. The zero-order valence-corrected chi connectivity index (χ0v) is 17.0. The van der Waals surface area contributed by atoms with Crippen LogP contribution in [0.2, 0.25) is 0 Å². The number of nitrogens with zero attached hydrogens (tertiary/aromatic N) is 5. The predicted octanol–water partition coefficient (Wildman–Crippen LogP) is 2.92. The van der Waals surface area contributed by atoms with Crippen molar-refractivity contribution in [3.63, 3.8) is 0 Å². The summed E-state index contributed by atoms with van der Waals surface area (Å²) in [5.41, 5.74) is 2.36. The Bertz CT molecular complexity index is 950. The first kappa shape index (κ1) is 19.5. The third-order valence-corrected chi connectivity index (χ3v) is 5.36. The van der Waals surface area contributed by atoms with E-state index in [4.69, 9.17) is 4.98 Å². The SMILES string of the molecule is Cc1cc(N(C)CC2(O)CCN(Cc3ccccc3)C2)nc(-c2ccncc2)n1. The summed E-state index contributed by atoms with van der Waals surface area (Å²) < 4.78 is 0. The topological polar surface area (TPSA) is 65.4 Å². The van der Waals surface area contributed by atoms with Crippen molar-refractivity contribution in [2.75, 3.05) is 31.6 Å². The van der Waals surface area contributed by atoms with E-state index >= 15 is 0 Å². The Hall–Kier alpha value is -2.83. The van der Waals surface area contributed by atoms with Crippen LogP contribution in [0, 0.1) is 6.92 Å². The smallest absolute Gasteiger partial charge is 0.161 e. The molecule has 6 nitrogen and oxygen atoms in total. The van der Waals surface area contributed by atoms with Crippen LogP contribution < -0.4 is 4.90 Å². The number of likely N-dealkylation sites (N-methyl/N-ethyl adjacent to an activating group) is 1. The largest absolute Gasteiger partial charge is 0.387 e. The Balaban J connectivity index is 1.45. The van der Waals surface area contributed by atoms with E-state index < -0.39 is 5.60 Å². The first-order valence-electron chi connectivity index (χ1n) is 9.97. The van der Waals surface area contributed by atoms with Gasteiger partial charge in [0.2, 0.25) is 0 Å². The molecule has 150 valence electrons. The van der Waals surface area contributed by atoms with E-state index in [0.29, 0.717) is 18.9 Å². The third-order valence-electron chi connectivity index (χ3n) is 5.36. The van der Waals surface area contributed by atoms with Gasteiger partial charge in [0.15, 0.2) is 5.82 Å². The fourth-order valence-corrected chi connectivity index (χ4v) is 3.95. The summed E-state index contributed by atoms with van der Waals surface area (Å²) in [4.78, 5) is 17.7. The van der Waals surface area contributed by atoms with Crippen LogP contribution in [-0.4, -0.2) is 57.2 Å². The number of rotatable bonds is 6. The van der Waals surface area contributed by atoms with Gasteiger partial charge in [0.1, 0.15) is 5.82 Å². The Labute approximate surface area is 171 Å². The lowest BCUT2D eigenvalue weighted by Crippen LogP contribution is -2.44. The second kappa shape index (κ2) is 8.27. The number of hydrogen-bond donors (Lipinski definition) is 1. The molecule has 2 aromatic heterocycles. The summed E-state index contributed by atoms with van der Waals surface area (Å²) in [5.74, 6) is 1.50. The molecule has 4 rings (SSSR count). The van der Waals surface area contributed by atoms with Gasteiger partial charge in [-0.3, -0.25) is 9.88 Å². The van der Waals surface area contributed by atoms with Crippen LogP contribution >= 0.6 is 0 Å². The molecule has 1 aliphatic heterocycles.